The van der Waals surface area contributed by atoms with Crippen LogP contribution in [-0.4, -0.2) is 44.9 Å². The quantitative estimate of drug-likeness (QED) is 0.154. The maximum Gasteiger partial charge on any atom is 0.416 e. The summed E-state index contributed by atoms with van der Waals surface area (Å²) in [7, 11) is 3.30. The Morgan fingerprint density at radius 1 is 0.927 bits per heavy atom. The molecule has 2 aliphatic rings. The summed E-state index contributed by atoms with van der Waals surface area (Å²) in [5, 5.41) is 4.21. The van der Waals surface area contributed by atoms with Gasteiger partial charge in [-0.15, -0.1) is 0 Å². The Morgan fingerprint density at radius 3 is 2.46 bits per heavy atom. The molecule has 0 unspecified atom stereocenters. The van der Waals surface area contributed by atoms with Crippen LogP contribution >= 0.6 is 0 Å². The lowest BCUT2D eigenvalue weighted by atomic mass is 9.75. The summed E-state index contributed by atoms with van der Waals surface area (Å²) in [6.07, 6.45) is 0.0916. The zero-order chi connectivity index (χ0) is 29.0. The Balaban J connectivity index is 1.31. The molecule has 0 N–H and O–H groups in total. The number of fused-ring (bicyclic) bond motifs is 3. The molecule has 0 saturated heterocycles. The van der Waals surface area contributed by atoms with Gasteiger partial charge in [0.2, 0.25) is 0 Å². The van der Waals surface area contributed by atoms with E-state index in [9.17, 15) is 13.2 Å². The lowest BCUT2D eigenvalue weighted by Gasteiger charge is -2.35. The van der Waals surface area contributed by atoms with Gasteiger partial charge in [0.25, 0.3) is 0 Å². The fourth-order valence-corrected chi connectivity index (χ4v) is 5.55. The number of halogens is 3. The van der Waals surface area contributed by atoms with Gasteiger partial charge in [-0.25, -0.2) is 0 Å². The van der Waals surface area contributed by atoms with Crippen molar-refractivity contribution in [2.45, 2.75) is 50.7 Å². The standard InChI is InChI=1S/C32H33F3N2O4/c1-20(37-41-15-14-40-24-11-7-10-23(17-24)32(33,34)35)21-8-6-9-22(16-21)31-27-19-30(39-3)29(38-2)18-26(27)25-12-4-5-13-28(25)36-31/h6-11,16-19,25,28H,4-5,12-15H2,1-3H3/t25-,28-/m1/s1. The van der Waals surface area contributed by atoms with Crippen LogP contribution in [0.25, 0.3) is 0 Å². The van der Waals surface area contributed by atoms with Crippen LogP contribution in [0.3, 0.4) is 0 Å². The first-order valence-electron chi connectivity index (χ1n) is 13.7. The Hall–Kier alpha value is -4.01. The molecule has 3 aromatic rings. The molecule has 3 aromatic carbocycles. The molecule has 2 atom stereocenters. The molecular weight excluding hydrogens is 533 g/mol. The maximum absolute atomic E-state index is 12.9. The van der Waals surface area contributed by atoms with E-state index in [-0.39, 0.29) is 25.0 Å². The Labute approximate surface area is 237 Å². The van der Waals surface area contributed by atoms with E-state index in [4.69, 9.17) is 24.0 Å². The van der Waals surface area contributed by atoms with Gasteiger partial charge in [0.05, 0.1) is 37.2 Å². The molecule has 0 bridgehead atoms. The second-order valence-corrected chi connectivity index (χ2v) is 10.2. The molecule has 0 aromatic heterocycles. The lowest BCUT2D eigenvalue weighted by molar-refractivity contribution is -0.137. The van der Waals surface area contributed by atoms with E-state index in [0.29, 0.717) is 17.4 Å². The summed E-state index contributed by atoms with van der Waals surface area (Å²) in [6, 6.07) is 17.1. The number of oxime groups is 1. The first-order valence-corrected chi connectivity index (χ1v) is 13.7. The van der Waals surface area contributed by atoms with Gasteiger partial charge < -0.3 is 19.0 Å². The monoisotopic (exact) mass is 566 g/mol. The van der Waals surface area contributed by atoms with Crippen molar-refractivity contribution in [3.63, 3.8) is 0 Å². The molecule has 41 heavy (non-hydrogen) atoms. The number of nitrogens with zero attached hydrogens (tertiary/aromatic N) is 2. The van der Waals surface area contributed by atoms with Gasteiger partial charge in [-0.1, -0.05) is 42.3 Å². The van der Waals surface area contributed by atoms with Crippen LogP contribution < -0.4 is 14.2 Å². The van der Waals surface area contributed by atoms with Crippen LogP contribution in [-0.2, 0) is 11.0 Å². The molecule has 1 aliphatic carbocycles. The van der Waals surface area contributed by atoms with Crippen LogP contribution in [0, 0.1) is 0 Å². The predicted octanol–water partition coefficient (Wildman–Crippen LogP) is 7.42. The van der Waals surface area contributed by atoms with Gasteiger partial charge in [-0.2, -0.15) is 13.2 Å². The highest BCUT2D eigenvalue weighted by Crippen LogP contribution is 2.44. The molecule has 0 spiro atoms. The number of alkyl halides is 3. The lowest BCUT2D eigenvalue weighted by Crippen LogP contribution is -2.29. The third-order valence-corrected chi connectivity index (χ3v) is 7.59. The van der Waals surface area contributed by atoms with E-state index in [1.807, 2.05) is 37.3 Å². The van der Waals surface area contributed by atoms with Crippen molar-refractivity contribution >= 4 is 11.4 Å². The van der Waals surface area contributed by atoms with Gasteiger partial charge in [-0.05, 0) is 67.3 Å². The van der Waals surface area contributed by atoms with Crippen molar-refractivity contribution in [2.24, 2.45) is 10.1 Å². The maximum atomic E-state index is 12.9. The highest BCUT2D eigenvalue weighted by Gasteiger charge is 2.35. The molecule has 1 heterocycles. The molecule has 9 heteroatoms. The summed E-state index contributed by atoms with van der Waals surface area (Å²) in [6.45, 7) is 1.98. The Bertz CT molecular complexity index is 1450. The van der Waals surface area contributed by atoms with Crippen LogP contribution in [0.15, 0.2) is 70.8 Å². The van der Waals surface area contributed by atoms with E-state index in [1.54, 1.807) is 14.2 Å². The van der Waals surface area contributed by atoms with E-state index in [0.717, 1.165) is 53.1 Å². The van der Waals surface area contributed by atoms with E-state index >= 15 is 0 Å². The summed E-state index contributed by atoms with van der Waals surface area (Å²) in [5.74, 6) is 1.88. The van der Waals surface area contributed by atoms with Crippen molar-refractivity contribution in [2.75, 3.05) is 27.4 Å². The molecule has 0 amide bonds. The normalized spacial score (nSPS) is 18.6. The second kappa shape index (κ2) is 12.2. The molecular formula is C32H33F3N2O4. The largest absolute Gasteiger partial charge is 0.493 e. The van der Waals surface area contributed by atoms with Crippen LogP contribution in [0.2, 0.25) is 0 Å². The van der Waals surface area contributed by atoms with E-state index < -0.39 is 11.7 Å². The second-order valence-electron chi connectivity index (χ2n) is 10.2. The first-order chi connectivity index (χ1) is 19.8. The van der Waals surface area contributed by atoms with Gasteiger partial charge in [-0.3, -0.25) is 4.99 Å². The summed E-state index contributed by atoms with van der Waals surface area (Å²) < 4.78 is 55.4. The number of hydrogen-bond acceptors (Lipinski definition) is 6. The van der Waals surface area contributed by atoms with Gasteiger partial charge >= 0.3 is 6.18 Å². The highest BCUT2D eigenvalue weighted by atomic mass is 19.4. The highest BCUT2D eigenvalue weighted by molar-refractivity contribution is 6.16. The number of ether oxygens (including phenoxy) is 3. The summed E-state index contributed by atoms with van der Waals surface area (Å²) in [4.78, 5) is 10.7. The van der Waals surface area contributed by atoms with Crippen LogP contribution in [0.5, 0.6) is 17.2 Å². The molecule has 1 aliphatic heterocycles. The zero-order valence-electron chi connectivity index (χ0n) is 23.3. The van der Waals surface area contributed by atoms with Crippen molar-refractivity contribution in [1.82, 2.24) is 0 Å². The number of benzene rings is 3. The van der Waals surface area contributed by atoms with Crippen molar-refractivity contribution < 1.29 is 32.2 Å². The first kappa shape index (κ1) is 28.5. The molecule has 1 saturated carbocycles. The van der Waals surface area contributed by atoms with Crippen LogP contribution in [0.4, 0.5) is 13.2 Å². The molecule has 1 fully saturated rings. The van der Waals surface area contributed by atoms with Gasteiger partial charge in [0.1, 0.15) is 12.4 Å². The summed E-state index contributed by atoms with van der Waals surface area (Å²) in [5.41, 5.74) is 4.98. The van der Waals surface area contributed by atoms with Crippen molar-refractivity contribution in [3.05, 3.63) is 88.5 Å². The predicted molar refractivity (Wildman–Crippen MR) is 152 cm³/mol. The number of rotatable bonds is 9. The number of hydrogen-bond donors (Lipinski definition) is 0. The summed E-state index contributed by atoms with van der Waals surface area (Å²) >= 11 is 0. The van der Waals surface area contributed by atoms with E-state index in [1.165, 1.54) is 30.5 Å². The minimum Gasteiger partial charge on any atom is -0.493 e. The molecule has 216 valence electrons. The van der Waals surface area contributed by atoms with Crippen LogP contribution in [0.1, 0.15) is 66.3 Å². The number of methoxy groups -OCH3 is 2. The topological polar surface area (TPSA) is 61.6 Å². The van der Waals surface area contributed by atoms with E-state index in [2.05, 4.69) is 11.2 Å². The smallest absolute Gasteiger partial charge is 0.416 e. The van der Waals surface area contributed by atoms with Crippen molar-refractivity contribution in [1.29, 1.82) is 0 Å². The fraction of sp³-hybridized carbons (Fsp3) is 0.375. The third-order valence-electron chi connectivity index (χ3n) is 7.59. The third kappa shape index (κ3) is 6.34. The Kier molecular flexibility index (Phi) is 8.52. The average Bonchev–Trinajstić information content (AvgIpc) is 2.99. The molecule has 0 radical (unpaired) electrons. The molecule has 6 nitrogen and oxygen atoms in total. The minimum absolute atomic E-state index is 0.0551. The molecule has 5 rings (SSSR count). The van der Waals surface area contributed by atoms with Gasteiger partial charge in [0.15, 0.2) is 18.1 Å². The van der Waals surface area contributed by atoms with Gasteiger partial charge in [0, 0.05) is 17.0 Å². The Morgan fingerprint density at radius 2 is 1.68 bits per heavy atom. The fourth-order valence-electron chi connectivity index (χ4n) is 5.55. The SMILES string of the molecule is COc1cc2c(cc1OC)[C@H]1CCCC[C@H]1N=C2c1cccc(C(C)=NOCCOc2cccc(C(F)(F)F)c2)c1. The average molecular weight is 567 g/mol. The minimum atomic E-state index is -4.42. The zero-order valence-corrected chi connectivity index (χ0v) is 23.3. The van der Waals surface area contributed by atoms with Crippen molar-refractivity contribution in [3.8, 4) is 17.2 Å². The number of aliphatic imine (C=N–C) groups is 1.